The third-order valence-electron chi connectivity index (χ3n) is 3.45. The van der Waals surface area contributed by atoms with Gasteiger partial charge in [0.25, 0.3) is 5.56 Å². The van der Waals surface area contributed by atoms with Crippen LogP contribution in [0.3, 0.4) is 0 Å². The molecular formula is C12H13NO3. The summed E-state index contributed by atoms with van der Waals surface area (Å²) in [6, 6.07) is 1.63. The highest BCUT2D eigenvalue weighted by molar-refractivity contribution is 5.89. The molecule has 0 spiro atoms. The van der Waals surface area contributed by atoms with E-state index in [1.807, 2.05) is 4.57 Å². The van der Waals surface area contributed by atoms with Gasteiger partial charge in [0, 0.05) is 17.8 Å². The Kier molecular flexibility index (Phi) is 1.93. The van der Waals surface area contributed by atoms with E-state index in [2.05, 4.69) is 0 Å². The fourth-order valence-electron chi connectivity index (χ4n) is 2.62. The molecule has 1 fully saturated rings. The van der Waals surface area contributed by atoms with Crippen LogP contribution in [0.25, 0.3) is 0 Å². The largest absolute Gasteiger partial charge is 0.478 e. The molecule has 1 heterocycles. The summed E-state index contributed by atoms with van der Waals surface area (Å²) in [4.78, 5) is 22.9. The first-order valence-corrected chi connectivity index (χ1v) is 5.69. The molecule has 0 bridgehead atoms. The van der Waals surface area contributed by atoms with E-state index in [1.54, 1.807) is 0 Å². The van der Waals surface area contributed by atoms with Crippen molar-refractivity contribution in [1.82, 2.24) is 4.57 Å². The van der Waals surface area contributed by atoms with E-state index < -0.39 is 5.97 Å². The van der Waals surface area contributed by atoms with Crippen molar-refractivity contribution >= 4 is 5.97 Å². The van der Waals surface area contributed by atoms with Crippen LogP contribution in [0.15, 0.2) is 10.9 Å². The molecule has 0 aromatic carbocycles. The summed E-state index contributed by atoms with van der Waals surface area (Å²) in [7, 11) is 0. The average molecular weight is 219 g/mol. The predicted molar refractivity (Wildman–Crippen MR) is 58.0 cm³/mol. The molecule has 2 aliphatic carbocycles. The Balaban J connectivity index is 2.27. The molecule has 1 aromatic rings. The fourth-order valence-corrected chi connectivity index (χ4v) is 2.62. The Morgan fingerprint density at radius 2 is 2.12 bits per heavy atom. The highest BCUT2D eigenvalue weighted by Crippen LogP contribution is 2.37. The third kappa shape index (κ3) is 1.29. The van der Waals surface area contributed by atoms with Gasteiger partial charge in [0.1, 0.15) is 0 Å². The quantitative estimate of drug-likeness (QED) is 0.817. The molecule has 1 saturated carbocycles. The molecule has 1 aromatic heterocycles. The van der Waals surface area contributed by atoms with Crippen LogP contribution >= 0.6 is 0 Å². The number of aromatic nitrogens is 1. The summed E-state index contributed by atoms with van der Waals surface area (Å²) in [5, 5.41) is 9.07. The number of fused-ring (bicyclic) bond motifs is 1. The maximum atomic E-state index is 11.9. The Hall–Kier alpha value is -1.58. The maximum absolute atomic E-state index is 11.9. The fraction of sp³-hybridized carbons (Fsp3) is 0.500. The van der Waals surface area contributed by atoms with Crippen LogP contribution < -0.4 is 5.56 Å². The molecule has 2 aliphatic rings. The van der Waals surface area contributed by atoms with Crippen LogP contribution in [0, 0.1) is 0 Å². The molecule has 4 heteroatoms. The first-order valence-electron chi connectivity index (χ1n) is 5.69. The Morgan fingerprint density at radius 3 is 2.75 bits per heavy atom. The van der Waals surface area contributed by atoms with Crippen molar-refractivity contribution < 1.29 is 9.90 Å². The number of rotatable bonds is 2. The lowest BCUT2D eigenvalue weighted by molar-refractivity contribution is 0.0695. The highest BCUT2D eigenvalue weighted by atomic mass is 16.4. The van der Waals surface area contributed by atoms with E-state index in [1.165, 1.54) is 6.07 Å². The van der Waals surface area contributed by atoms with Gasteiger partial charge in [-0.2, -0.15) is 0 Å². The van der Waals surface area contributed by atoms with E-state index in [0.29, 0.717) is 6.04 Å². The van der Waals surface area contributed by atoms with Crippen LogP contribution in [0.2, 0.25) is 0 Å². The van der Waals surface area contributed by atoms with Crippen molar-refractivity contribution in [3.05, 3.63) is 33.2 Å². The van der Waals surface area contributed by atoms with Gasteiger partial charge < -0.3 is 9.67 Å². The van der Waals surface area contributed by atoms with Gasteiger partial charge in [-0.1, -0.05) is 0 Å². The Bertz CT molecular complexity index is 526. The van der Waals surface area contributed by atoms with Crippen LogP contribution in [0.4, 0.5) is 0 Å². The molecule has 0 saturated heterocycles. The minimum absolute atomic E-state index is 0.138. The van der Waals surface area contributed by atoms with E-state index in [0.717, 1.165) is 43.4 Å². The smallest absolute Gasteiger partial charge is 0.336 e. The van der Waals surface area contributed by atoms with Crippen LogP contribution in [-0.4, -0.2) is 15.6 Å². The standard InChI is InChI=1S/C12H13NO3/c14-11-6-9(12(15)16)8-2-1-3-10(8)13(11)7-4-5-7/h6-7H,1-5H2,(H,15,16). The molecular weight excluding hydrogens is 206 g/mol. The number of hydrogen-bond donors (Lipinski definition) is 1. The van der Waals surface area contributed by atoms with Gasteiger partial charge in [-0.05, 0) is 37.7 Å². The molecule has 0 unspecified atom stereocenters. The van der Waals surface area contributed by atoms with Crippen LogP contribution in [-0.2, 0) is 12.8 Å². The number of nitrogens with zero attached hydrogens (tertiary/aromatic N) is 1. The SMILES string of the molecule is O=C(O)c1cc(=O)n(C2CC2)c2c1CCC2. The second-order valence-corrected chi connectivity index (χ2v) is 4.58. The summed E-state index contributed by atoms with van der Waals surface area (Å²) < 4.78 is 1.83. The normalized spacial score (nSPS) is 18.5. The number of carboxylic acid groups (broad SMARTS) is 1. The summed E-state index contributed by atoms with van der Waals surface area (Å²) in [5.74, 6) is -0.974. The summed E-state index contributed by atoms with van der Waals surface area (Å²) in [6.45, 7) is 0. The van der Waals surface area contributed by atoms with Gasteiger partial charge in [0.05, 0.1) is 5.56 Å². The maximum Gasteiger partial charge on any atom is 0.336 e. The summed E-state index contributed by atoms with van der Waals surface area (Å²) in [6.07, 6.45) is 4.72. The number of pyridine rings is 1. The molecule has 0 amide bonds. The molecule has 1 N–H and O–H groups in total. The van der Waals surface area contributed by atoms with Gasteiger partial charge >= 0.3 is 5.97 Å². The van der Waals surface area contributed by atoms with E-state index in [4.69, 9.17) is 5.11 Å². The van der Waals surface area contributed by atoms with E-state index in [-0.39, 0.29) is 11.1 Å². The molecule has 3 rings (SSSR count). The molecule has 4 nitrogen and oxygen atoms in total. The molecule has 84 valence electrons. The lowest BCUT2D eigenvalue weighted by Gasteiger charge is -2.12. The summed E-state index contributed by atoms with van der Waals surface area (Å²) in [5.41, 5.74) is 1.95. The van der Waals surface area contributed by atoms with Gasteiger partial charge in [0.15, 0.2) is 0 Å². The minimum Gasteiger partial charge on any atom is -0.478 e. The number of aromatic carboxylic acids is 1. The Morgan fingerprint density at radius 1 is 1.38 bits per heavy atom. The number of hydrogen-bond acceptors (Lipinski definition) is 2. The number of carboxylic acids is 1. The Labute approximate surface area is 92.5 Å². The van der Waals surface area contributed by atoms with Gasteiger partial charge in [-0.15, -0.1) is 0 Å². The zero-order valence-electron chi connectivity index (χ0n) is 8.90. The first kappa shape index (κ1) is 9.63. The van der Waals surface area contributed by atoms with E-state index in [9.17, 15) is 9.59 Å². The summed E-state index contributed by atoms with van der Waals surface area (Å²) >= 11 is 0. The average Bonchev–Trinajstić information content (AvgIpc) is 2.93. The van der Waals surface area contributed by atoms with Crippen molar-refractivity contribution in [3.63, 3.8) is 0 Å². The van der Waals surface area contributed by atoms with Crippen molar-refractivity contribution in [2.75, 3.05) is 0 Å². The third-order valence-corrected chi connectivity index (χ3v) is 3.45. The lowest BCUT2D eigenvalue weighted by Crippen LogP contribution is -2.24. The second kappa shape index (κ2) is 3.20. The predicted octanol–water partition coefficient (Wildman–Crippen LogP) is 1.37. The monoisotopic (exact) mass is 219 g/mol. The lowest BCUT2D eigenvalue weighted by atomic mass is 10.1. The second-order valence-electron chi connectivity index (χ2n) is 4.58. The van der Waals surface area contributed by atoms with Crippen molar-refractivity contribution in [2.24, 2.45) is 0 Å². The van der Waals surface area contributed by atoms with Crippen LogP contribution in [0.5, 0.6) is 0 Å². The molecule has 16 heavy (non-hydrogen) atoms. The van der Waals surface area contributed by atoms with E-state index >= 15 is 0 Å². The minimum atomic E-state index is -0.974. The van der Waals surface area contributed by atoms with Gasteiger partial charge in [0.2, 0.25) is 0 Å². The van der Waals surface area contributed by atoms with Crippen molar-refractivity contribution in [1.29, 1.82) is 0 Å². The highest BCUT2D eigenvalue weighted by Gasteiger charge is 2.31. The topological polar surface area (TPSA) is 59.3 Å². The van der Waals surface area contributed by atoms with Crippen LogP contribution in [0.1, 0.15) is 46.9 Å². The molecule has 0 aliphatic heterocycles. The van der Waals surface area contributed by atoms with Gasteiger partial charge in [-0.3, -0.25) is 4.79 Å². The van der Waals surface area contributed by atoms with Gasteiger partial charge in [-0.25, -0.2) is 4.79 Å². The number of carbonyl (C=O) groups is 1. The zero-order chi connectivity index (χ0) is 11.3. The van der Waals surface area contributed by atoms with Crippen molar-refractivity contribution in [2.45, 2.75) is 38.1 Å². The van der Waals surface area contributed by atoms with Crippen molar-refractivity contribution in [3.8, 4) is 0 Å². The molecule has 0 atom stereocenters. The zero-order valence-corrected chi connectivity index (χ0v) is 8.90. The molecule has 0 radical (unpaired) electrons. The first-order chi connectivity index (χ1) is 7.68.